The van der Waals surface area contributed by atoms with Gasteiger partial charge >= 0.3 is 0 Å². The molecule has 3 atom stereocenters. The van der Waals surface area contributed by atoms with Crippen LogP contribution in [-0.4, -0.2) is 61.2 Å². The van der Waals surface area contributed by atoms with Crippen molar-refractivity contribution in [1.29, 1.82) is 0 Å². The number of nitrogens with one attached hydrogen (secondary N) is 1. The third kappa shape index (κ3) is 5.41. The molecule has 1 N–H and O–H groups in total. The van der Waals surface area contributed by atoms with Crippen LogP contribution in [0.15, 0.2) is 0 Å². The van der Waals surface area contributed by atoms with E-state index in [0.717, 1.165) is 12.6 Å². The molecule has 0 aromatic heterocycles. The average molecular weight is 269 g/mol. The van der Waals surface area contributed by atoms with E-state index in [0.29, 0.717) is 18.0 Å². The Morgan fingerprint density at radius 2 is 1.84 bits per heavy atom. The summed E-state index contributed by atoms with van der Waals surface area (Å²) in [6.07, 6.45) is 2.57. The van der Waals surface area contributed by atoms with Crippen molar-refractivity contribution < 1.29 is 0 Å². The number of likely N-dealkylation sites (N-methyl/N-ethyl adjacent to an activating group) is 1. The van der Waals surface area contributed by atoms with Crippen molar-refractivity contribution >= 4 is 0 Å². The molecule has 1 rings (SSSR count). The van der Waals surface area contributed by atoms with E-state index in [4.69, 9.17) is 0 Å². The molecular formula is C16H35N3. The summed E-state index contributed by atoms with van der Waals surface area (Å²) in [5, 5.41) is 3.59. The summed E-state index contributed by atoms with van der Waals surface area (Å²) >= 11 is 0. The first kappa shape index (κ1) is 16.9. The van der Waals surface area contributed by atoms with E-state index < -0.39 is 0 Å². The fourth-order valence-electron chi connectivity index (χ4n) is 3.08. The molecule has 0 amide bonds. The maximum atomic E-state index is 3.59. The van der Waals surface area contributed by atoms with Crippen LogP contribution in [0.1, 0.15) is 47.5 Å². The van der Waals surface area contributed by atoms with Crippen LogP contribution in [0.4, 0.5) is 0 Å². The first-order chi connectivity index (χ1) is 8.95. The molecule has 0 radical (unpaired) electrons. The molecule has 3 unspecified atom stereocenters. The largest absolute Gasteiger partial charge is 0.314 e. The highest BCUT2D eigenvalue weighted by atomic mass is 15.2. The van der Waals surface area contributed by atoms with Gasteiger partial charge in [0.1, 0.15) is 0 Å². The predicted molar refractivity (Wildman–Crippen MR) is 84.7 cm³/mol. The van der Waals surface area contributed by atoms with E-state index in [1.54, 1.807) is 0 Å². The second kappa shape index (κ2) is 8.23. The van der Waals surface area contributed by atoms with E-state index >= 15 is 0 Å². The number of hydrogen-bond acceptors (Lipinski definition) is 3. The fraction of sp³-hybridized carbons (Fsp3) is 1.00. The zero-order chi connectivity index (χ0) is 14.4. The fourth-order valence-corrected chi connectivity index (χ4v) is 3.08. The summed E-state index contributed by atoms with van der Waals surface area (Å²) in [6, 6.07) is 1.98. The smallest absolute Gasteiger partial charge is 0.0223 e. The maximum Gasteiger partial charge on any atom is 0.0223 e. The number of hydrogen-bond donors (Lipinski definition) is 1. The Kier molecular flexibility index (Phi) is 7.33. The molecule has 0 aromatic carbocycles. The van der Waals surface area contributed by atoms with Crippen LogP contribution in [0.5, 0.6) is 0 Å². The standard InChI is InChI=1S/C16H35N3/c1-7-16-12-18(6)9-8-10-19(16)15(5)14(4)11-17-13(2)3/h13-17H,7-12H2,1-6H3. The molecule has 19 heavy (non-hydrogen) atoms. The van der Waals surface area contributed by atoms with Crippen molar-refractivity contribution in [2.45, 2.75) is 65.6 Å². The summed E-state index contributed by atoms with van der Waals surface area (Å²) in [4.78, 5) is 5.26. The summed E-state index contributed by atoms with van der Waals surface area (Å²) in [5.41, 5.74) is 0. The molecule has 3 nitrogen and oxygen atoms in total. The Morgan fingerprint density at radius 1 is 1.16 bits per heavy atom. The minimum atomic E-state index is 0.590. The molecule has 0 bridgehead atoms. The van der Waals surface area contributed by atoms with Gasteiger partial charge in [-0.05, 0) is 52.4 Å². The van der Waals surface area contributed by atoms with Gasteiger partial charge < -0.3 is 10.2 Å². The monoisotopic (exact) mass is 269 g/mol. The van der Waals surface area contributed by atoms with Crippen LogP contribution >= 0.6 is 0 Å². The van der Waals surface area contributed by atoms with E-state index in [1.165, 1.54) is 32.5 Å². The van der Waals surface area contributed by atoms with Crippen molar-refractivity contribution in [3.63, 3.8) is 0 Å². The van der Waals surface area contributed by atoms with Gasteiger partial charge in [0.2, 0.25) is 0 Å². The van der Waals surface area contributed by atoms with Gasteiger partial charge in [0.05, 0.1) is 0 Å². The second-order valence-corrected chi connectivity index (χ2v) is 6.70. The molecule has 1 aliphatic rings. The number of nitrogens with zero attached hydrogens (tertiary/aromatic N) is 2. The second-order valence-electron chi connectivity index (χ2n) is 6.70. The van der Waals surface area contributed by atoms with Gasteiger partial charge in [-0.25, -0.2) is 0 Å². The third-order valence-corrected chi connectivity index (χ3v) is 4.61. The minimum Gasteiger partial charge on any atom is -0.314 e. The van der Waals surface area contributed by atoms with E-state index in [1.807, 2.05) is 0 Å². The molecule has 0 aliphatic carbocycles. The molecular weight excluding hydrogens is 234 g/mol. The Bertz CT molecular complexity index is 242. The van der Waals surface area contributed by atoms with Crippen LogP contribution in [0.25, 0.3) is 0 Å². The SMILES string of the molecule is CCC1CN(C)CCCN1C(C)C(C)CNC(C)C. The van der Waals surface area contributed by atoms with Gasteiger partial charge in [0.15, 0.2) is 0 Å². The summed E-state index contributed by atoms with van der Waals surface area (Å²) < 4.78 is 0. The maximum absolute atomic E-state index is 3.59. The highest BCUT2D eigenvalue weighted by Crippen LogP contribution is 2.19. The molecule has 0 spiro atoms. The highest BCUT2D eigenvalue weighted by molar-refractivity contribution is 4.84. The first-order valence-corrected chi connectivity index (χ1v) is 8.13. The molecule has 1 fully saturated rings. The number of rotatable bonds is 6. The third-order valence-electron chi connectivity index (χ3n) is 4.61. The molecule has 1 saturated heterocycles. The quantitative estimate of drug-likeness (QED) is 0.799. The molecule has 1 heterocycles. The average Bonchev–Trinajstić information content (AvgIpc) is 2.56. The van der Waals surface area contributed by atoms with E-state index in [-0.39, 0.29) is 0 Å². The Labute approximate surface area is 120 Å². The van der Waals surface area contributed by atoms with Gasteiger partial charge in [-0.3, -0.25) is 4.90 Å². The van der Waals surface area contributed by atoms with Crippen LogP contribution in [-0.2, 0) is 0 Å². The molecule has 114 valence electrons. The molecule has 0 aromatic rings. The van der Waals surface area contributed by atoms with Crippen molar-refractivity contribution in [1.82, 2.24) is 15.1 Å². The summed E-state index contributed by atoms with van der Waals surface area (Å²) in [5.74, 6) is 0.708. The van der Waals surface area contributed by atoms with Gasteiger partial charge in [-0.1, -0.05) is 27.7 Å². The van der Waals surface area contributed by atoms with Gasteiger partial charge in [-0.15, -0.1) is 0 Å². The van der Waals surface area contributed by atoms with Crippen molar-refractivity contribution in [3.8, 4) is 0 Å². The molecule has 3 heteroatoms. The first-order valence-electron chi connectivity index (χ1n) is 8.13. The van der Waals surface area contributed by atoms with E-state index in [9.17, 15) is 0 Å². The van der Waals surface area contributed by atoms with Crippen LogP contribution in [0.3, 0.4) is 0 Å². The normalized spacial score (nSPS) is 26.4. The Hall–Kier alpha value is -0.120. The zero-order valence-electron chi connectivity index (χ0n) is 13.9. The van der Waals surface area contributed by atoms with Crippen molar-refractivity contribution in [2.75, 3.05) is 33.2 Å². The van der Waals surface area contributed by atoms with Crippen LogP contribution < -0.4 is 5.32 Å². The highest BCUT2D eigenvalue weighted by Gasteiger charge is 2.28. The van der Waals surface area contributed by atoms with Gasteiger partial charge in [0, 0.05) is 24.7 Å². The lowest BCUT2D eigenvalue weighted by molar-refractivity contribution is 0.103. The molecule has 0 saturated carbocycles. The summed E-state index contributed by atoms with van der Waals surface area (Å²) in [6.45, 7) is 16.5. The minimum absolute atomic E-state index is 0.590. The van der Waals surface area contributed by atoms with E-state index in [2.05, 4.69) is 56.8 Å². The van der Waals surface area contributed by atoms with Crippen molar-refractivity contribution in [3.05, 3.63) is 0 Å². The Balaban J connectivity index is 2.58. The Morgan fingerprint density at radius 3 is 2.42 bits per heavy atom. The molecule has 1 aliphatic heterocycles. The predicted octanol–water partition coefficient (Wildman–Crippen LogP) is 2.43. The van der Waals surface area contributed by atoms with Gasteiger partial charge in [-0.2, -0.15) is 0 Å². The van der Waals surface area contributed by atoms with Crippen molar-refractivity contribution in [2.24, 2.45) is 5.92 Å². The summed E-state index contributed by atoms with van der Waals surface area (Å²) in [7, 11) is 2.26. The lowest BCUT2D eigenvalue weighted by atomic mass is 9.99. The lowest BCUT2D eigenvalue weighted by Gasteiger charge is -2.38. The zero-order valence-corrected chi connectivity index (χ0v) is 13.9. The van der Waals surface area contributed by atoms with Crippen LogP contribution in [0, 0.1) is 5.92 Å². The van der Waals surface area contributed by atoms with Crippen LogP contribution in [0.2, 0.25) is 0 Å². The topological polar surface area (TPSA) is 18.5 Å². The lowest BCUT2D eigenvalue weighted by Crippen LogP contribution is -2.49. The van der Waals surface area contributed by atoms with Gasteiger partial charge in [0.25, 0.3) is 0 Å².